The molecular weight excluding hydrogens is 548 g/mol. The zero-order valence-corrected chi connectivity index (χ0v) is 23.6. The molecule has 0 bridgehead atoms. The van der Waals surface area contributed by atoms with E-state index in [1.165, 1.54) is 16.7 Å². The minimum Gasteiger partial charge on any atom is -0.489 e. The van der Waals surface area contributed by atoms with E-state index >= 15 is 0 Å². The Labute approximate surface area is 243 Å². The monoisotopic (exact) mass is 577 g/mol. The zero-order valence-electron chi connectivity index (χ0n) is 22.0. The highest BCUT2D eigenvalue weighted by Gasteiger charge is 2.25. The minimum absolute atomic E-state index is 0.121. The van der Waals surface area contributed by atoms with Crippen molar-refractivity contribution in [3.63, 3.8) is 0 Å². The Morgan fingerprint density at radius 1 is 0.975 bits per heavy atom. The van der Waals surface area contributed by atoms with Crippen molar-refractivity contribution in [2.24, 2.45) is 0 Å². The third kappa shape index (κ3) is 5.78. The minimum atomic E-state index is -0.274. The third-order valence-corrected chi connectivity index (χ3v) is 8.24. The van der Waals surface area contributed by atoms with Crippen molar-refractivity contribution in [3.05, 3.63) is 93.0 Å². The number of H-pyrrole nitrogens is 1. The first-order valence-electron chi connectivity index (χ1n) is 13.7. The molecule has 206 valence electrons. The Morgan fingerprint density at radius 3 is 2.58 bits per heavy atom. The van der Waals surface area contributed by atoms with Gasteiger partial charge in [-0.15, -0.1) is 10.2 Å². The van der Waals surface area contributed by atoms with Gasteiger partial charge in [-0.3, -0.25) is 9.29 Å². The molecule has 2 heterocycles. The second-order valence-corrected chi connectivity index (χ2v) is 11.2. The molecule has 0 radical (unpaired) electrons. The van der Waals surface area contributed by atoms with E-state index in [0.717, 1.165) is 73.3 Å². The van der Waals surface area contributed by atoms with Crippen LogP contribution in [0.3, 0.4) is 0 Å². The fourth-order valence-corrected chi connectivity index (χ4v) is 6.34. The average molecular weight is 579 g/mol. The van der Waals surface area contributed by atoms with Crippen LogP contribution >= 0.6 is 23.2 Å². The number of nitrogens with one attached hydrogen (secondary N) is 1. The number of likely N-dealkylation sites (tertiary alicyclic amines) is 1. The van der Waals surface area contributed by atoms with E-state index in [2.05, 4.69) is 49.8 Å². The molecule has 2 aliphatic rings. The number of rotatable bonds is 8. The number of alkyl halides is 1. The van der Waals surface area contributed by atoms with Gasteiger partial charge >= 0.3 is 0 Å². The van der Waals surface area contributed by atoms with Crippen molar-refractivity contribution >= 4 is 34.3 Å². The number of ether oxygens (including phenoxy) is 1. The van der Waals surface area contributed by atoms with Crippen molar-refractivity contribution in [2.45, 2.75) is 38.2 Å². The van der Waals surface area contributed by atoms with E-state index in [0.29, 0.717) is 22.3 Å². The molecule has 1 unspecified atom stereocenters. The number of aryl methyl sites for hydroxylation is 1. The normalized spacial score (nSPS) is 17.6. The molecule has 0 saturated carbocycles. The first kappa shape index (κ1) is 26.9. The molecule has 6 nitrogen and oxygen atoms in total. The Balaban J connectivity index is 1.36. The van der Waals surface area contributed by atoms with Gasteiger partial charge < -0.3 is 4.74 Å². The van der Waals surface area contributed by atoms with E-state index in [1.807, 2.05) is 36.4 Å². The fourth-order valence-electron chi connectivity index (χ4n) is 5.82. The van der Waals surface area contributed by atoms with Gasteiger partial charge in [-0.05, 0) is 101 Å². The van der Waals surface area contributed by atoms with Crippen LogP contribution in [0.5, 0.6) is 5.75 Å². The van der Waals surface area contributed by atoms with E-state index in [9.17, 15) is 4.39 Å². The number of benzene rings is 3. The number of hydrogen-bond acceptors (Lipinski definition) is 5. The highest BCUT2D eigenvalue weighted by atomic mass is 35.5. The SMILES string of the molecule is FCCCN1CCC(Oc2ccc(C3=C(c4ccc(Cl)cc4Cl)CCCc4cc(-c5nn[nH]n5)ccc43)cc2)C1. The van der Waals surface area contributed by atoms with Crippen molar-refractivity contribution in [3.8, 4) is 17.1 Å². The van der Waals surface area contributed by atoms with Gasteiger partial charge in [-0.25, -0.2) is 0 Å². The number of nitrogens with zero attached hydrogens (tertiary/aromatic N) is 4. The Morgan fingerprint density at radius 2 is 1.80 bits per heavy atom. The molecule has 1 aliphatic heterocycles. The van der Waals surface area contributed by atoms with Crippen LogP contribution in [0.1, 0.15) is 47.9 Å². The van der Waals surface area contributed by atoms with Gasteiger partial charge in [-0.2, -0.15) is 5.21 Å². The van der Waals surface area contributed by atoms with Crippen LogP contribution in [-0.2, 0) is 6.42 Å². The van der Waals surface area contributed by atoms with Gasteiger partial charge in [0.2, 0.25) is 5.82 Å². The van der Waals surface area contributed by atoms with Crippen LogP contribution in [0.2, 0.25) is 10.0 Å². The molecule has 1 N–H and O–H groups in total. The van der Waals surface area contributed by atoms with Gasteiger partial charge in [-0.1, -0.05) is 53.5 Å². The Kier molecular flexibility index (Phi) is 8.14. The first-order chi connectivity index (χ1) is 19.6. The highest BCUT2D eigenvalue weighted by Crippen LogP contribution is 2.43. The van der Waals surface area contributed by atoms with Crippen LogP contribution < -0.4 is 4.74 Å². The van der Waals surface area contributed by atoms with Crippen molar-refractivity contribution in [2.75, 3.05) is 26.3 Å². The lowest BCUT2D eigenvalue weighted by Gasteiger charge is -2.19. The number of aromatic nitrogens is 4. The summed E-state index contributed by atoms with van der Waals surface area (Å²) in [4.78, 5) is 2.27. The molecule has 3 aromatic carbocycles. The van der Waals surface area contributed by atoms with E-state index in [4.69, 9.17) is 27.9 Å². The van der Waals surface area contributed by atoms with Gasteiger partial charge in [0.25, 0.3) is 0 Å². The predicted molar refractivity (Wildman–Crippen MR) is 157 cm³/mol. The summed E-state index contributed by atoms with van der Waals surface area (Å²) >= 11 is 13.0. The van der Waals surface area contributed by atoms with Crippen LogP contribution in [0.15, 0.2) is 60.7 Å². The number of fused-ring (bicyclic) bond motifs is 1. The summed E-state index contributed by atoms with van der Waals surface area (Å²) < 4.78 is 18.9. The Bertz CT molecular complexity index is 1510. The van der Waals surface area contributed by atoms with Crippen molar-refractivity contribution in [1.29, 1.82) is 0 Å². The van der Waals surface area contributed by atoms with Crippen LogP contribution in [-0.4, -0.2) is 57.9 Å². The van der Waals surface area contributed by atoms with Crippen molar-refractivity contribution in [1.82, 2.24) is 25.5 Å². The lowest BCUT2D eigenvalue weighted by molar-refractivity contribution is 0.198. The summed E-state index contributed by atoms with van der Waals surface area (Å²) in [6, 6.07) is 20.4. The second kappa shape index (κ2) is 12.1. The summed E-state index contributed by atoms with van der Waals surface area (Å²) in [7, 11) is 0. The van der Waals surface area contributed by atoms with Crippen LogP contribution in [0.4, 0.5) is 4.39 Å². The lowest BCUT2D eigenvalue weighted by Crippen LogP contribution is -2.26. The average Bonchev–Trinajstić information content (AvgIpc) is 3.62. The van der Waals surface area contributed by atoms with Gasteiger partial charge in [0, 0.05) is 35.2 Å². The molecule has 1 atom stereocenters. The molecule has 6 rings (SSSR count). The number of allylic oxidation sites excluding steroid dienone is 1. The fraction of sp³-hybridized carbons (Fsp3) is 0.323. The lowest BCUT2D eigenvalue weighted by atomic mass is 9.87. The number of hydrogen-bond donors (Lipinski definition) is 1. The van der Waals surface area contributed by atoms with E-state index < -0.39 is 0 Å². The third-order valence-electron chi connectivity index (χ3n) is 7.69. The quantitative estimate of drug-likeness (QED) is 0.238. The zero-order chi connectivity index (χ0) is 27.5. The molecule has 1 saturated heterocycles. The molecule has 1 aliphatic carbocycles. The van der Waals surface area contributed by atoms with E-state index in [-0.39, 0.29) is 12.8 Å². The standard InChI is InChI=1S/C31H30Cl2FN5O/c32-23-8-12-27(29(33)18-23)28-4-1-3-21-17-22(31-35-37-38-36-31)7-11-26(21)30(28)20-5-9-24(10-6-20)40-25-13-16-39(19-25)15-2-14-34/h5-12,17-18,25H,1-4,13-16,19H2,(H,35,36,37,38). The summed E-state index contributed by atoms with van der Waals surface area (Å²) in [6.07, 6.45) is 4.42. The topological polar surface area (TPSA) is 66.9 Å². The summed E-state index contributed by atoms with van der Waals surface area (Å²) in [6.45, 7) is 2.29. The van der Waals surface area contributed by atoms with Gasteiger partial charge in [0.1, 0.15) is 11.9 Å². The molecule has 4 aromatic rings. The van der Waals surface area contributed by atoms with Gasteiger partial charge in [0.05, 0.1) is 6.67 Å². The molecule has 9 heteroatoms. The van der Waals surface area contributed by atoms with Gasteiger partial charge in [0.15, 0.2) is 0 Å². The van der Waals surface area contributed by atoms with Crippen molar-refractivity contribution < 1.29 is 9.13 Å². The molecule has 1 fully saturated rings. The predicted octanol–water partition coefficient (Wildman–Crippen LogP) is 7.28. The maximum atomic E-state index is 12.6. The van der Waals surface area contributed by atoms with Crippen LogP contribution in [0, 0.1) is 0 Å². The van der Waals surface area contributed by atoms with E-state index in [1.54, 1.807) is 0 Å². The maximum Gasteiger partial charge on any atom is 0.204 e. The molecule has 0 spiro atoms. The number of halogens is 3. The summed E-state index contributed by atoms with van der Waals surface area (Å²) in [5.41, 5.74) is 7.77. The highest BCUT2D eigenvalue weighted by molar-refractivity contribution is 6.36. The first-order valence-corrected chi connectivity index (χ1v) is 14.5. The maximum absolute atomic E-state index is 12.6. The summed E-state index contributed by atoms with van der Waals surface area (Å²) in [5.74, 6) is 1.42. The second-order valence-electron chi connectivity index (χ2n) is 10.3. The molecule has 1 aromatic heterocycles. The smallest absolute Gasteiger partial charge is 0.204 e. The summed E-state index contributed by atoms with van der Waals surface area (Å²) in [5, 5.41) is 15.9. The molecule has 40 heavy (non-hydrogen) atoms. The Hall–Kier alpha value is -3.26. The van der Waals surface area contributed by atoms with Crippen LogP contribution in [0.25, 0.3) is 22.5 Å². The largest absolute Gasteiger partial charge is 0.489 e. The number of aromatic amines is 1. The molecular formula is C31H30Cl2FN5O. The molecule has 0 amide bonds. The number of tetrazole rings is 1.